The van der Waals surface area contributed by atoms with Crippen molar-refractivity contribution in [2.24, 2.45) is 11.8 Å². The molecule has 2 fully saturated rings. The Morgan fingerprint density at radius 2 is 1.92 bits per heavy atom. The fourth-order valence-corrected chi connectivity index (χ4v) is 3.69. The number of aromatic nitrogens is 3. The van der Waals surface area contributed by atoms with Crippen molar-refractivity contribution in [3.8, 4) is 0 Å². The van der Waals surface area contributed by atoms with Gasteiger partial charge in [-0.1, -0.05) is 0 Å². The summed E-state index contributed by atoms with van der Waals surface area (Å²) >= 11 is 0. The molecule has 2 aromatic rings. The van der Waals surface area contributed by atoms with Crippen molar-refractivity contribution in [1.29, 1.82) is 0 Å². The number of aryl methyl sites for hydroxylation is 1. The van der Waals surface area contributed by atoms with E-state index in [2.05, 4.69) is 19.9 Å². The van der Waals surface area contributed by atoms with E-state index in [1.54, 1.807) is 12.4 Å². The summed E-state index contributed by atoms with van der Waals surface area (Å²) < 4.78 is 0. The van der Waals surface area contributed by atoms with E-state index in [-0.39, 0.29) is 11.8 Å². The molecule has 0 N–H and O–H groups in total. The Morgan fingerprint density at radius 3 is 2.67 bits per heavy atom. The molecule has 6 heteroatoms. The van der Waals surface area contributed by atoms with E-state index in [0.29, 0.717) is 12.5 Å². The highest BCUT2D eigenvalue weighted by atomic mass is 16.2. The molecule has 0 aliphatic carbocycles. The minimum absolute atomic E-state index is 0.0606. The van der Waals surface area contributed by atoms with Crippen LogP contribution in [0.5, 0.6) is 0 Å². The van der Waals surface area contributed by atoms with Crippen LogP contribution in [-0.4, -0.2) is 45.4 Å². The maximum atomic E-state index is 12.9. The highest BCUT2D eigenvalue weighted by Crippen LogP contribution is 2.34. The number of fused-ring (bicyclic) bond motifs is 1. The van der Waals surface area contributed by atoms with Crippen LogP contribution < -0.4 is 4.90 Å². The number of anilines is 1. The summed E-state index contributed by atoms with van der Waals surface area (Å²) in [7, 11) is 0. The highest BCUT2D eigenvalue weighted by Gasteiger charge is 2.43. The number of rotatable bonds is 3. The molecule has 2 saturated heterocycles. The third-order valence-corrected chi connectivity index (χ3v) is 5.01. The number of amides is 1. The fourth-order valence-electron chi connectivity index (χ4n) is 3.69. The van der Waals surface area contributed by atoms with Crippen LogP contribution in [0.25, 0.3) is 0 Å². The zero-order valence-electron chi connectivity index (χ0n) is 13.8. The van der Waals surface area contributed by atoms with Crippen LogP contribution in [0.3, 0.4) is 0 Å². The third kappa shape index (κ3) is 2.84. The van der Waals surface area contributed by atoms with Gasteiger partial charge in [0.05, 0.1) is 5.92 Å². The first kappa shape index (κ1) is 15.1. The number of likely N-dealkylation sites (tertiary alicyclic amines) is 1. The van der Waals surface area contributed by atoms with Crippen molar-refractivity contribution in [3.63, 3.8) is 0 Å². The molecule has 0 radical (unpaired) electrons. The van der Waals surface area contributed by atoms with Crippen molar-refractivity contribution in [2.45, 2.75) is 19.9 Å². The smallest absolute Gasteiger partial charge is 0.228 e. The van der Waals surface area contributed by atoms with E-state index in [1.165, 1.54) is 0 Å². The predicted molar refractivity (Wildman–Crippen MR) is 90.2 cm³/mol. The molecule has 24 heavy (non-hydrogen) atoms. The lowest BCUT2D eigenvalue weighted by Gasteiger charge is -2.33. The molecule has 124 valence electrons. The van der Waals surface area contributed by atoms with Crippen molar-refractivity contribution in [2.75, 3.05) is 24.5 Å². The summed E-state index contributed by atoms with van der Waals surface area (Å²) in [4.78, 5) is 29.9. The number of carbonyl (C=O) groups is 1. The van der Waals surface area contributed by atoms with E-state index in [1.807, 2.05) is 36.4 Å². The first-order chi connectivity index (χ1) is 11.7. The molecule has 1 amide bonds. The molecule has 2 aliphatic heterocycles. The largest absolute Gasteiger partial charge is 0.340 e. The standard InChI is InChI=1S/C18H21N5O/c1-13-8-20-18(21-9-13)23-11-15-4-7-22(17(24)16(15)12-23)10-14-2-5-19-6-3-14/h2-3,5-6,8-9,15-16H,4,7,10-12H2,1H3. The predicted octanol–water partition coefficient (Wildman–Crippen LogP) is 1.66. The first-order valence-electron chi connectivity index (χ1n) is 8.42. The molecule has 0 bridgehead atoms. The average molecular weight is 323 g/mol. The monoisotopic (exact) mass is 323 g/mol. The minimum atomic E-state index is 0.0606. The van der Waals surface area contributed by atoms with Crippen LogP contribution in [0.1, 0.15) is 17.5 Å². The Hall–Kier alpha value is -2.50. The van der Waals surface area contributed by atoms with E-state index in [0.717, 1.165) is 43.1 Å². The van der Waals surface area contributed by atoms with Gasteiger partial charge in [0.15, 0.2) is 0 Å². The summed E-state index contributed by atoms with van der Waals surface area (Å²) in [5.74, 6) is 1.47. The lowest BCUT2D eigenvalue weighted by atomic mass is 9.88. The third-order valence-electron chi connectivity index (χ3n) is 5.01. The molecule has 2 unspecified atom stereocenters. The molecule has 4 heterocycles. The summed E-state index contributed by atoms with van der Waals surface area (Å²) in [6.07, 6.45) is 8.27. The molecule has 2 aliphatic rings. The SMILES string of the molecule is Cc1cnc(N2CC3CCN(Cc4ccncc4)C(=O)C3C2)nc1. The highest BCUT2D eigenvalue weighted by molar-refractivity contribution is 5.81. The van der Waals surface area contributed by atoms with Gasteiger partial charge in [0.1, 0.15) is 0 Å². The Bertz CT molecular complexity index is 718. The zero-order valence-corrected chi connectivity index (χ0v) is 13.8. The van der Waals surface area contributed by atoms with Crippen LogP contribution in [-0.2, 0) is 11.3 Å². The molecule has 0 saturated carbocycles. The molecule has 0 aromatic carbocycles. The van der Waals surface area contributed by atoms with Gasteiger partial charge in [-0.25, -0.2) is 9.97 Å². The lowest BCUT2D eigenvalue weighted by molar-refractivity contribution is -0.140. The van der Waals surface area contributed by atoms with Gasteiger partial charge in [-0.05, 0) is 42.5 Å². The number of hydrogen-bond acceptors (Lipinski definition) is 5. The lowest BCUT2D eigenvalue weighted by Crippen LogP contribution is -2.44. The van der Waals surface area contributed by atoms with Gasteiger partial charge in [0, 0.05) is 51.0 Å². The molecule has 0 spiro atoms. The van der Waals surface area contributed by atoms with Gasteiger partial charge >= 0.3 is 0 Å². The van der Waals surface area contributed by atoms with Crippen molar-refractivity contribution >= 4 is 11.9 Å². The first-order valence-corrected chi connectivity index (χ1v) is 8.42. The van der Waals surface area contributed by atoms with Crippen LogP contribution in [0, 0.1) is 18.8 Å². The molecular formula is C18H21N5O. The minimum Gasteiger partial charge on any atom is -0.340 e. The van der Waals surface area contributed by atoms with Gasteiger partial charge < -0.3 is 9.80 Å². The summed E-state index contributed by atoms with van der Waals surface area (Å²) in [6, 6.07) is 3.95. The Labute approximate surface area is 141 Å². The topological polar surface area (TPSA) is 62.2 Å². The summed E-state index contributed by atoms with van der Waals surface area (Å²) in [5, 5.41) is 0. The molecule has 6 nitrogen and oxygen atoms in total. The summed E-state index contributed by atoms with van der Waals surface area (Å²) in [5.41, 5.74) is 2.18. The van der Waals surface area contributed by atoms with E-state index >= 15 is 0 Å². The van der Waals surface area contributed by atoms with Crippen LogP contribution in [0.15, 0.2) is 36.9 Å². The number of carbonyl (C=O) groups excluding carboxylic acids is 1. The Balaban J connectivity index is 1.46. The number of piperidine rings is 1. The second kappa shape index (κ2) is 6.19. The molecule has 2 atom stereocenters. The molecular weight excluding hydrogens is 302 g/mol. The van der Waals surface area contributed by atoms with E-state index in [4.69, 9.17) is 0 Å². The zero-order chi connectivity index (χ0) is 16.5. The number of pyridine rings is 1. The number of hydrogen-bond donors (Lipinski definition) is 0. The summed E-state index contributed by atoms with van der Waals surface area (Å²) in [6.45, 7) is 5.08. The normalized spacial score (nSPS) is 23.5. The van der Waals surface area contributed by atoms with Crippen LogP contribution in [0.4, 0.5) is 5.95 Å². The van der Waals surface area contributed by atoms with Crippen LogP contribution in [0.2, 0.25) is 0 Å². The van der Waals surface area contributed by atoms with E-state index in [9.17, 15) is 4.79 Å². The second-order valence-electron chi connectivity index (χ2n) is 6.74. The Morgan fingerprint density at radius 1 is 1.17 bits per heavy atom. The molecule has 4 rings (SSSR count). The maximum Gasteiger partial charge on any atom is 0.228 e. The van der Waals surface area contributed by atoms with Gasteiger partial charge in [-0.3, -0.25) is 9.78 Å². The van der Waals surface area contributed by atoms with Crippen molar-refractivity contribution < 1.29 is 4.79 Å². The maximum absolute atomic E-state index is 12.9. The Kier molecular flexibility index (Phi) is 3.88. The van der Waals surface area contributed by atoms with Gasteiger partial charge in [0.25, 0.3) is 0 Å². The van der Waals surface area contributed by atoms with Gasteiger partial charge in [0.2, 0.25) is 11.9 Å². The fraction of sp³-hybridized carbons (Fsp3) is 0.444. The quantitative estimate of drug-likeness (QED) is 0.860. The van der Waals surface area contributed by atoms with Crippen molar-refractivity contribution in [1.82, 2.24) is 19.9 Å². The van der Waals surface area contributed by atoms with Gasteiger partial charge in [-0.15, -0.1) is 0 Å². The van der Waals surface area contributed by atoms with Crippen LogP contribution >= 0.6 is 0 Å². The van der Waals surface area contributed by atoms with Crippen molar-refractivity contribution in [3.05, 3.63) is 48.0 Å². The number of nitrogens with zero attached hydrogens (tertiary/aromatic N) is 5. The van der Waals surface area contributed by atoms with Gasteiger partial charge in [-0.2, -0.15) is 0 Å². The average Bonchev–Trinajstić information content (AvgIpc) is 3.04. The van der Waals surface area contributed by atoms with E-state index < -0.39 is 0 Å². The molecule has 2 aromatic heterocycles. The second-order valence-corrected chi connectivity index (χ2v) is 6.74.